The molecule has 33 heavy (non-hydrogen) atoms. The number of amides is 1. The number of hydrogen-bond donors (Lipinski definition) is 2. The molecular weight excluding hydrogens is 416 g/mol. The van der Waals surface area contributed by atoms with Crippen molar-refractivity contribution >= 4 is 11.6 Å². The van der Waals surface area contributed by atoms with Crippen molar-refractivity contribution in [3.63, 3.8) is 0 Å². The Morgan fingerprint density at radius 1 is 0.848 bits per heavy atom. The van der Waals surface area contributed by atoms with Gasteiger partial charge in [-0.05, 0) is 47.9 Å². The highest BCUT2D eigenvalue weighted by atomic mass is 16.5. The van der Waals surface area contributed by atoms with Crippen molar-refractivity contribution in [2.24, 2.45) is 5.10 Å². The van der Waals surface area contributed by atoms with Gasteiger partial charge >= 0.3 is 0 Å². The highest BCUT2D eigenvalue weighted by Crippen LogP contribution is 2.31. The highest BCUT2D eigenvalue weighted by molar-refractivity contribution is 6.01. The average Bonchev–Trinajstić information content (AvgIpc) is 3.38. The van der Waals surface area contributed by atoms with Crippen LogP contribution in [0.25, 0.3) is 22.4 Å². The van der Waals surface area contributed by atoms with Crippen LogP contribution in [-0.2, 0) is 0 Å². The molecule has 2 N–H and O–H groups in total. The van der Waals surface area contributed by atoms with Crippen LogP contribution in [-0.4, -0.2) is 36.0 Å². The van der Waals surface area contributed by atoms with Gasteiger partial charge in [0.25, 0.3) is 5.91 Å². The van der Waals surface area contributed by atoms with Gasteiger partial charge in [-0.1, -0.05) is 54.6 Å². The average molecular weight is 441 g/mol. The van der Waals surface area contributed by atoms with Gasteiger partial charge in [-0.25, -0.2) is 5.43 Å². The summed E-state index contributed by atoms with van der Waals surface area (Å²) >= 11 is 0. The number of carbonyl (C=O) groups excluding carboxylic acids is 1. The van der Waals surface area contributed by atoms with E-state index in [1.54, 1.807) is 32.4 Å². The smallest absolute Gasteiger partial charge is 0.289 e. The zero-order valence-electron chi connectivity index (χ0n) is 18.6. The molecule has 7 heteroatoms. The second-order valence-electron chi connectivity index (χ2n) is 7.32. The first-order valence-corrected chi connectivity index (χ1v) is 10.4. The maximum Gasteiger partial charge on any atom is 0.289 e. The van der Waals surface area contributed by atoms with Crippen molar-refractivity contribution in [3.05, 3.63) is 90.1 Å². The molecule has 0 saturated heterocycles. The molecule has 4 rings (SSSR count). The number of H-pyrrole nitrogens is 1. The third-order valence-corrected chi connectivity index (χ3v) is 5.24. The van der Waals surface area contributed by atoms with Gasteiger partial charge < -0.3 is 9.47 Å². The second-order valence-corrected chi connectivity index (χ2v) is 7.32. The number of nitrogens with zero attached hydrogens (tertiary/aromatic N) is 2. The van der Waals surface area contributed by atoms with Gasteiger partial charge in [0.15, 0.2) is 11.5 Å². The SMILES string of the molecule is COc1ccc(-c2cc(C(=O)NN=C(C)c3ccc(-c4ccccc4)cc3)[nH]n2)cc1OC. The Kier molecular flexibility index (Phi) is 6.50. The molecule has 0 bridgehead atoms. The summed E-state index contributed by atoms with van der Waals surface area (Å²) in [5.41, 5.74) is 8.18. The maximum atomic E-state index is 12.6. The molecule has 4 aromatic rings. The van der Waals surface area contributed by atoms with Crippen molar-refractivity contribution in [3.8, 4) is 33.9 Å². The van der Waals surface area contributed by atoms with E-state index in [-0.39, 0.29) is 5.91 Å². The summed E-state index contributed by atoms with van der Waals surface area (Å²) in [5.74, 6) is 0.827. The molecule has 1 aromatic heterocycles. The van der Waals surface area contributed by atoms with Gasteiger partial charge in [-0.2, -0.15) is 10.2 Å². The largest absolute Gasteiger partial charge is 0.493 e. The van der Waals surface area contributed by atoms with Crippen LogP contribution in [0.3, 0.4) is 0 Å². The Labute approximate surface area is 192 Å². The minimum atomic E-state index is -0.380. The molecule has 7 nitrogen and oxygen atoms in total. The van der Waals surface area contributed by atoms with Crippen LogP contribution in [0.4, 0.5) is 0 Å². The van der Waals surface area contributed by atoms with E-state index in [9.17, 15) is 4.79 Å². The summed E-state index contributed by atoms with van der Waals surface area (Å²) < 4.78 is 10.6. The molecule has 0 saturated carbocycles. The first kappa shape index (κ1) is 21.8. The number of rotatable bonds is 7. The number of methoxy groups -OCH3 is 2. The van der Waals surface area contributed by atoms with Gasteiger partial charge in [0.2, 0.25) is 0 Å². The highest BCUT2D eigenvalue weighted by Gasteiger charge is 2.13. The molecular formula is C26H24N4O3. The van der Waals surface area contributed by atoms with Crippen LogP contribution in [0.2, 0.25) is 0 Å². The van der Waals surface area contributed by atoms with Gasteiger partial charge in [-0.3, -0.25) is 9.89 Å². The zero-order valence-corrected chi connectivity index (χ0v) is 18.6. The van der Waals surface area contributed by atoms with Crippen molar-refractivity contribution in [1.29, 1.82) is 0 Å². The van der Waals surface area contributed by atoms with Crippen LogP contribution in [0.1, 0.15) is 23.0 Å². The molecule has 0 unspecified atom stereocenters. The van der Waals surface area contributed by atoms with E-state index in [1.165, 1.54) is 0 Å². The quantitative estimate of drug-likeness (QED) is 0.316. The summed E-state index contributed by atoms with van der Waals surface area (Å²) in [6, 6.07) is 25.3. The van der Waals surface area contributed by atoms with Gasteiger partial charge in [0.05, 0.1) is 25.6 Å². The first-order valence-electron chi connectivity index (χ1n) is 10.4. The Balaban J connectivity index is 1.44. The Morgan fingerprint density at radius 3 is 2.21 bits per heavy atom. The number of benzene rings is 3. The lowest BCUT2D eigenvalue weighted by Gasteiger charge is -2.08. The van der Waals surface area contributed by atoms with Gasteiger partial charge in [0.1, 0.15) is 5.69 Å². The van der Waals surface area contributed by atoms with Crippen LogP contribution in [0, 0.1) is 0 Å². The lowest BCUT2D eigenvalue weighted by Crippen LogP contribution is -2.19. The van der Waals surface area contributed by atoms with E-state index >= 15 is 0 Å². The van der Waals surface area contributed by atoms with Crippen molar-refractivity contribution in [1.82, 2.24) is 15.6 Å². The Morgan fingerprint density at radius 2 is 1.52 bits per heavy atom. The molecule has 1 amide bonds. The molecule has 166 valence electrons. The summed E-state index contributed by atoms with van der Waals surface area (Å²) in [6.45, 7) is 1.85. The fourth-order valence-corrected chi connectivity index (χ4v) is 3.38. The maximum absolute atomic E-state index is 12.6. The molecule has 0 spiro atoms. The molecule has 0 aliphatic carbocycles. The summed E-state index contributed by atoms with van der Waals surface area (Å²) in [5, 5.41) is 11.2. The molecule has 3 aromatic carbocycles. The van der Waals surface area contributed by atoms with Crippen LogP contribution in [0.5, 0.6) is 11.5 Å². The van der Waals surface area contributed by atoms with Gasteiger partial charge in [0, 0.05) is 5.56 Å². The number of hydrazone groups is 1. The normalized spacial score (nSPS) is 11.2. The number of carbonyl (C=O) groups is 1. The summed E-state index contributed by atoms with van der Waals surface area (Å²) in [4.78, 5) is 12.6. The predicted molar refractivity (Wildman–Crippen MR) is 129 cm³/mol. The number of aromatic nitrogens is 2. The molecule has 0 aliphatic rings. The number of hydrogen-bond acceptors (Lipinski definition) is 5. The molecule has 0 atom stereocenters. The van der Waals surface area contributed by atoms with E-state index in [1.807, 2.05) is 55.5 Å². The van der Waals surface area contributed by atoms with E-state index in [2.05, 4.69) is 32.9 Å². The Bertz CT molecular complexity index is 1280. The van der Waals surface area contributed by atoms with Crippen molar-refractivity contribution in [2.75, 3.05) is 14.2 Å². The minimum absolute atomic E-state index is 0.302. The van der Waals surface area contributed by atoms with Crippen LogP contribution < -0.4 is 14.9 Å². The first-order chi connectivity index (χ1) is 16.1. The van der Waals surface area contributed by atoms with E-state index < -0.39 is 0 Å². The van der Waals surface area contributed by atoms with Crippen LogP contribution in [0.15, 0.2) is 84.0 Å². The van der Waals surface area contributed by atoms with E-state index in [4.69, 9.17) is 9.47 Å². The molecule has 1 heterocycles. The second kappa shape index (κ2) is 9.82. The third kappa shape index (κ3) is 4.93. The lowest BCUT2D eigenvalue weighted by atomic mass is 10.0. The Hall–Kier alpha value is -4.39. The number of ether oxygens (including phenoxy) is 2. The fraction of sp³-hybridized carbons (Fsp3) is 0.115. The van der Waals surface area contributed by atoms with Crippen molar-refractivity contribution < 1.29 is 14.3 Å². The monoisotopic (exact) mass is 440 g/mol. The topological polar surface area (TPSA) is 88.6 Å². The summed E-state index contributed by atoms with van der Waals surface area (Å²) in [6.07, 6.45) is 0. The molecule has 0 aliphatic heterocycles. The zero-order chi connectivity index (χ0) is 23.2. The van der Waals surface area contributed by atoms with Crippen LogP contribution >= 0.6 is 0 Å². The minimum Gasteiger partial charge on any atom is -0.493 e. The fourth-order valence-electron chi connectivity index (χ4n) is 3.38. The molecule has 0 fully saturated rings. The third-order valence-electron chi connectivity index (χ3n) is 5.24. The lowest BCUT2D eigenvalue weighted by molar-refractivity contribution is 0.0950. The number of aromatic amines is 1. The summed E-state index contributed by atoms with van der Waals surface area (Å²) in [7, 11) is 3.15. The number of nitrogens with one attached hydrogen (secondary N) is 2. The van der Waals surface area contributed by atoms with E-state index in [0.717, 1.165) is 22.3 Å². The van der Waals surface area contributed by atoms with Crippen molar-refractivity contribution in [2.45, 2.75) is 6.92 Å². The van der Waals surface area contributed by atoms with Gasteiger partial charge in [-0.15, -0.1) is 0 Å². The predicted octanol–water partition coefficient (Wildman–Crippen LogP) is 4.91. The molecule has 0 radical (unpaired) electrons. The standard InChI is InChI=1S/C26H24N4O3/c1-17(18-9-11-20(12-10-18)19-7-5-4-6-8-19)27-30-26(31)23-16-22(28-29-23)21-13-14-24(32-2)25(15-21)33-3/h4-16H,1-3H3,(H,28,29)(H,30,31). The van der Waals surface area contributed by atoms with E-state index in [0.29, 0.717) is 28.6 Å².